The van der Waals surface area contributed by atoms with Crippen molar-refractivity contribution in [3.05, 3.63) is 134 Å². The summed E-state index contributed by atoms with van der Waals surface area (Å²) in [6.07, 6.45) is 83.5. The van der Waals surface area contributed by atoms with Crippen LogP contribution in [0.4, 0.5) is 0 Å². The fourth-order valence-electron chi connectivity index (χ4n) is 9.64. The number of ether oxygens (including phenoxy) is 2. The first-order chi connectivity index (χ1) is 39.8. The quantitative estimate of drug-likeness (QED) is 0.0261. The van der Waals surface area contributed by atoms with Gasteiger partial charge in [-0.1, -0.05) is 289 Å². The lowest BCUT2D eigenvalue weighted by molar-refractivity contribution is -0.302. The minimum Gasteiger partial charge on any atom is -0.394 e. The standard InChI is InChI=1S/C72H121NO8/c1-3-5-7-9-11-13-15-17-19-21-23-25-26-27-28-29-30-31-32-33-34-35-36-37-38-39-40-42-44-46-48-50-52-54-56-58-60-62-68(76)73-65(64-80-72-71(79)70(78)69(77)67(63-74)81-72)66(75)61-59-57-55-53-51-49-47-45-43-41-24-22-20-18-16-14-12-10-8-6-4-2/h5,7,11,13,17,19,23,25,27-28,30-31,33-34,36-37,39-40,44,46,50,52,65-67,69-72,74-75,77-79H,3-4,6,8-10,12,14-16,18,20-22,24,26,29,32,35,38,41-43,45,47-49,51,53-64H2,1-2H3,(H,73,76)/b7-5-,13-11-,19-17-,25-23-,28-27-,31-30-,34-33-,37-36-,40-39-,46-44-,52-50-. The average molecular weight is 1130 g/mol. The summed E-state index contributed by atoms with van der Waals surface area (Å²) >= 11 is 0. The van der Waals surface area contributed by atoms with E-state index in [0.717, 1.165) is 116 Å². The maximum atomic E-state index is 13.1. The third kappa shape index (κ3) is 48.4. The fourth-order valence-corrected chi connectivity index (χ4v) is 9.64. The molecule has 0 bridgehead atoms. The third-order valence-electron chi connectivity index (χ3n) is 14.8. The number of hydrogen-bond acceptors (Lipinski definition) is 8. The lowest BCUT2D eigenvalue weighted by Gasteiger charge is -2.40. The van der Waals surface area contributed by atoms with E-state index in [2.05, 4.69) is 153 Å². The zero-order chi connectivity index (χ0) is 58.6. The van der Waals surface area contributed by atoms with Gasteiger partial charge in [0.1, 0.15) is 24.4 Å². The van der Waals surface area contributed by atoms with Crippen molar-refractivity contribution in [2.75, 3.05) is 13.2 Å². The van der Waals surface area contributed by atoms with E-state index >= 15 is 0 Å². The molecule has 81 heavy (non-hydrogen) atoms. The summed E-state index contributed by atoms with van der Waals surface area (Å²) in [5.41, 5.74) is 0. The summed E-state index contributed by atoms with van der Waals surface area (Å²) in [5.74, 6) is -0.179. The third-order valence-corrected chi connectivity index (χ3v) is 14.8. The van der Waals surface area contributed by atoms with Gasteiger partial charge in [0.25, 0.3) is 0 Å². The highest BCUT2D eigenvalue weighted by Crippen LogP contribution is 2.23. The summed E-state index contributed by atoms with van der Waals surface area (Å²) in [6.45, 7) is 3.72. The van der Waals surface area contributed by atoms with Gasteiger partial charge in [-0.15, -0.1) is 0 Å². The topological polar surface area (TPSA) is 149 Å². The number of unbranched alkanes of at least 4 members (excludes halogenated alkanes) is 23. The van der Waals surface area contributed by atoms with Crippen LogP contribution in [0.2, 0.25) is 0 Å². The van der Waals surface area contributed by atoms with Gasteiger partial charge in [0.2, 0.25) is 5.91 Å². The van der Waals surface area contributed by atoms with Gasteiger partial charge in [-0.25, -0.2) is 0 Å². The van der Waals surface area contributed by atoms with Crippen LogP contribution >= 0.6 is 0 Å². The van der Waals surface area contributed by atoms with Crippen LogP contribution in [0.5, 0.6) is 0 Å². The second-order valence-electron chi connectivity index (χ2n) is 22.2. The Kier molecular flexibility index (Phi) is 55.3. The molecule has 9 nitrogen and oxygen atoms in total. The Bertz CT molecular complexity index is 1740. The molecule has 1 aliphatic heterocycles. The Balaban J connectivity index is 2.21. The highest BCUT2D eigenvalue weighted by Gasteiger charge is 2.44. The van der Waals surface area contributed by atoms with Gasteiger partial charge in [0.05, 0.1) is 25.4 Å². The van der Waals surface area contributed by atoms with E-state index in [4.69, 9.17) is 9.47 Å². The molecule has 1 heterocycles. The zero-order valence-corrected chi connectivity index (χ0v) is 51.5. The van der Waals surface area contributed by atoms with E-state index in [-0.39, 0.29) is 12.5 Å². The number of amides is 1. The lowest BCUT2D eigenvalue weighted by Crippen LogP contribution is -2.60. The van der Waals surface area contributed by atoms with E-state index in [9.17, 15) is 30.3 Å². The number of hydrogen-bond donors (Lipinski definition) is 6. The monoisotopic (exact) mass is 1130 g/mol. The predicted octanol–water partition coefficient (Wildman–Crippen LogP) is 17.6. The molecule has 1 amide bonds. The van der Waals surface area contributed by atoms with Crippen molar-refractivity contribution < 1.29 is 39.8 Å². The van der Waals surface area contributed by atoms with Gasteiger partial charge in [-0.3, -0.25) is 4.79 Å². The Labute approximate surface area is 496 Å². The number of carbonyl (C=O) groups is 1. The Hall–Kier alpha value is -3.67. The first-order valence-electron chi connectivity index (χ1n) is 32.9. The molecule has 1 aliphatic rings. The molecular formula is C72H121NO8. The maximum absolute atomic E-state index is 13.1. The molecule has 7 unspecified atom stereocenters. The molecule has 9 heteroatoms. The van der Waals surface area contributed by atoms with Gasteiger partial charge >= 0.3 is 0 Å². The van der Waals surface area contributed by atoms with Crippen molar-refractivity contribution in [2.24, 2.45) is 0 Å². The second-order valence-corrected chi connectivity index (χ2v) is 22.2. The fraction of sp³-hybridized carbons (Fsp3) is 0.681. The highest BCUT2D eigenvalue weighted by molar-refractivity contribution is 5.76. The summed E-state index contributed by atoms with van der Waals surface area (Å²) in [5, 5.41) is 54.8. The van der Waals surface area contributed by atoms with Gasteiger partial charge in [-0.05, 0) is 96.3 Å². The van der Waals surface area contributed by atoms with E-state index in [1.165, 1.54) is 116 Å². The lowest BCUT2D eigenvalue weighted by atomic mass is 9.99. The molecule has 1 saturated heterocycles. The number of aliphatic hydroxyl groups excluding tert-OH is 5. The number of carbonyl (C=O) groups excluding carboxylic acids is 1. The first kappa shape index (κ1) is 75.3. The van der Waals surface area contributed by atoms with Crippen LogP contribution in [0.25, 0.3) is 0 Å². The number of nitrogens with one attached hydrogen (secondary N) is 1. The SMILES string of the molecule is CC/C=C\C/C=C\C/C=C\C/C=C\C/C=C\C/C=C\C/C=C\C/C=C\C/C=C\C/C=C\C/C=C\CCCCCC(=O)NC(COC1OC(CO)C(O)C(O)C1O)C(O)CCCCCCCCCCCCCCCCCCCCCCC. The molecule has 0 aromatic heterocycles. The van der Waals surface area contributed by atoms with Crippen molar-refractivity contribution in [3.63, 3.8) is 0 Å². The van der Waals surface area contributed by atoms with Gasteiger partial charge < -0.3 is 40.3 Å². The average Bonchev–Trinajstić information content (AvgIpc) is 3.49. The largest absolute Gasteiger partial charge is 0.394 e. The van der Waals surface area contributed by atoms with E-state index in [1.807, 2.05) is 0 Å². The molecule has 7 atom stereocenters. The maximum Gasteiger partial charge on any atom is 0.220 e. The Morgan fingerprint density at radius 3 is 1.12 bits per heavy atom. The van der Waals surface area contributed by atoms with Gasteiger partial charge in [0.15, 0.2) is 6.29 Å². The van der Waals surface area contributed by atoms with Crippen molar-refractivity contribution in [3.8, 4) is 0 Å². The predicted molar refractivity (Wildman–Crippen MR) is 345 cm³/mol. The first-order valence-corrected chi connectivity index (χ1v) is 32.9. The summed E-state index contributed by atoms with van der Waals surface area (Å²) in [7, 11) is 0. The smallest absolute Gasteiger partial charge is 0.220 e. The molecule has 462 valence electrons. The number of allylic oxidation sites excluding steroid dienone is 22. The molecule has 0 radical (unpaired) electrons. The Morgan fingerprint density at radius 1 is 0.432 bits per heavy atom. The van der Waals surface area contributed by atoms with E-state index in [0.29, 0.717) is 12.8 Å². The van der Waals surface area contributed by atoms with Crippen molar-refractivity contribution in [1.29, 1.82) is 0 Å². The molecule has 0 saturated carbocycles. The van der Waals surface area contributed by atoms with E-state index in [1.54, 1.807) is 0 Å². The zero-order valence-electron chi connectivity index (χ0n) is 51.5. The summed E-state index contributed by atoms with van der Waals surface area (Å²) < 4.78 is 11.3. The summed E-state index contributed by atoms with van der Waals surface area (Å²) in [6, 6.07) is -0.748. The molecule has 1 rings (SSSR count). The van der Waals surface area contributed by atoms with Gasteiger partial charge in [0, 0.05) is 6.42 Å². The van der Waals surface area contributed by atoms with Crippen LogP contribution in [-0.4, -0.2) is 87.5 Å². The van der Waals surface area contributed by atoms with E-state index < -0.39 is 49.5 Å². The molecule has 6 N–H and O–H groups in total. The molecule has 0 spiro atoms. The van der Waals surface area contributed by atoms with Crippen molar-refractivity contribution in [1.82, 2.24) is 5.32 Å². The second kappa shape index (κ2) is 59.5. The van der Waals surface area contributed by atoms with Crippen molar-refractivity contribution in [2.45, 2.75) is 301 Å². The van der Waals surface area contributed by atoms with Crippen molar-refractivity contribution >= 4 is 5.91 Å². The Morgan fingerprint density at radius 2 is 0.765 bits per heavy atom. The normalized spacial score (nSPS) is 19.3. The molecule has 1 fully saturated rings. The van der Waals surface area contributed by atoms with Crippen LogP contribution in [0.1, 0.15) is 258 Å². The molecule has 0 aliphatic carbocycles. The van der Waals surface area contributed by atoms with Crippen LogP contribution in [-0.2, 0) is 14.3 Å². The molecular weight excluding hydrogens is 1010 g/mol. The minimum atomic E-state index is -1.57. The molecule has 0 aromatic carbocycles. The van der Waals surface area contributed by atoms with Crippen LogP contribution in [0.15, 0.2) is 134 Å². The highest BCUT2D eigenvalue weighted by atomic mass is 16.7. The van der Waals surface area contributed by atoms with Gasteiger partial charge in [-0.2, -0.15) is 0 Å². The summed E-state index contributed by atoms with van der Waals surface area (Å²) in [4.78, 5) is 13.1. The number of aliphatic hydroxyl groups is 5. The molecule has 0 aromatic rings. The van der Waals surface area contributed by atoms with Crippen LogP contribution in [0, 0.1) is 0 Å². The van der Waals surface area contributed by atoms with Crippen LogP contribution < -0.4 is 5.32 Å². The minimum absolute atomic E-state index is 0.159. The van der Waals surface area contributed by atoms with Crippen LogP contribution in [0.3, 0.4) is 0 Å². The number of rotatable bonds is 55.